The zero-order valence-corrected chi connectivity index (χ0v) is 8.39. The molecule has 1 atom stereocenters. The summed E-state index contributed by atoms with van der Waals surface area (Å²) in [5.74, 6) is 0.0259. The summed E-state index contributed by atoms with van der Waals surface area (Å²) in [6, 6.07) is -0.455. The fourth-order valence-electron chi connectivity index (χ4n) is 0.562. The topological polar surface area (TPSA) is 60.2 Å². The molecular weight excluding hydrogens is 154 g/mol. The SMILES string of the molecule is CC.CC(=O)CCC(N)C(C)=O. The van der Waals surface area contributed by atoms with Crippen LogP contribution in [0.3, 0.4) is 0 Å². The molecule has 3 heteroatoms. The van der Waals surface area contributed by atoms with E-state index in [-0.39, 0.29) is 11.6 Å². The third-order valence-corrected chi connectivity index (χ3v) is 1.33. The van der Waals surface area contributed by atoms with Gasteiger partial charge >= 0.3 is 0 Å². The Morgan fingerprint density at radius 3 is 1.92 bits per heavy atom. The van der Waals surface area contributed by atoms with E-state index in [1.54, 1.807) is 0 Å². The molecule has 0 aliphatic heterocycles. The highest BCUT2D eigenvalue weighted by molar-refractivity contribution is 5.82. The molecule has 0 amide bonds. The minimum absolute atomic E-state index is 0.0544. The van der Waals surface area contributed by atoms with Gasteiger partial charge in [0.2, 0.25) is 0 Å². The lowest BCUT2D eigenvalue weighted by Crippen LogP contribution is -2.28. The first-order chi connectivity index (χ1) is 5.54. The molecule has 0 aliphatic carbocycles. The molecule has 3 nitrogen and oxygen atoms in total. The monoisotopic (exact) mass is 173 g/mol. The Balaban J connectivity index is 0. The molecule has 0 aromatic heterocycles. The molecule has 12 heavy (non-hydrogen) atoms. The Bertz CT molecular complexity index is 143. The molecule has 0 bridgehead atoms. The second kappa shape index (κ2) is 8.40. The number of Topliss-reactive ketones (excluding diaryl/α,β-unsaturated/α-hetero) is 2. The maximum Gasteiger partial charge on any atom is 0.146 e. The van der Waals surface area contributed by atoms with Crippen LogP contribution in [0.15, 0.2) is 0 Å². The van der Waals surface area contributed by atoms with Crippen LogP contribution in [0.25, 0.3) is 0 Å². The molecule has 0 spiro atoms. The van der Waals surface area contributed by atoms with Crippen LogP contribution in [0.5, 0.6) is 0 Å². The molecule has 0 aliphatic rings. The van der Waals surface area contributed by atoms with E-state index in [4.69, 9.17) is 5.73 Å². The van der Waals surface area contributed by atoms with Crippen molar-refractivity contribution in [3.8, 4) is 0 Å². The standard InChI is InChI=1S/C7H13NO2.C2H6/c1-5(9)3-4-7(8)6(2)10;1-2/h7H,3-4,8H2,1-2H3;1-2H3. The Labute approximate surface area is 74.3 Å². The fraction of sp³-hybridized carbons (Fsp3) is 0.778. The van der Waals surface area contributed by atoms with E-state index in [0.29, 0.717) is 12.8 Å². The summed E-state index contributed by atoms with van der Waals surface area (Å²) >= 11 is 0. The normalized spacial score (nSPS) is 11.1. The van der Waals surface area contributed by atoms with Crippen LogP contribution in [0, 0.1) is 0 Å². The lowest BCUT2D eigenvalue weighted by atomic mass is 10.1. The van der Waals surface area contributed by atoms with Gasteiger partial charge in [0.25, 0.3) is 0 Å². The Morgan fingerprint density at radius 2 is 1.67 bits per heavy atom. The first-order valence-corrected chi connectivity index (χ1v) is 4.29. The molecular formula is C9H19NO2. The molecule has 72 valence electrons. The van der Waals surface area contributed by atoms with Crippen LogP contribution in [0.2, 0.25) is 0 Å². The van der Waals surface area contributed by atoms with Crippen LogP contribution >= 0.6 is 0 Å². The van der Waals surface area contributed by atoms with Crippen molar-refractivity contribution in [2.45, 2.75) is 46.6 Å². The third kappa shape index (κ3) is 9.30. The van der Waals surface area contributed by atoms with Gasteiger partial charge in [-0.25, -0.2) is 0 Å². The highest BCUT2D eigenvalue weighted by Crippen LogP contribution is 1.95. The van der Waals surface area contributed by atoms with Crippen molar-refractivity contribution >= 4 is 11.6 Å². The third-order valence-electron chi connectivity index (χ3n) is 1.33. The largest absolute Gasteiger partial charge is 0.322 e. The van der Waals surface area contributed by atoms with Crippen molar-refractivity contribution in [3.05, 3.63) is 0 Å². The van der Waals surface area contributed by atoms with Crippen LogP contribution in [0.4, 0.5) is 0 Å². The fourth-order valence-corrected chi connectivity index (χ4v) is 0.562. The van der Waals surface area contributed by atoms with Crippen LogP contribution in [-0.4, -0.2) is 17.6 Å². The minimum Gasteiger partial charge on any atom is -0.322 e. The number of carbonyl (C=O) groups is 2. The molecule has 0 aromatic carbocycles. The second-order valence-electron chi connectivity index (χ2n) is 2.46. The van der Waals surface area contributed by atoms with Gasteiger partial charge in [-0.1, -0.05) is 13.8 Å². The Morgan fingerprint density at radius 1 is 1.25 bits per heavy atom. The van der Waals surface area contributed by atoms with Crippen LogP contribution in [-0.2, 0) is 9.59 Å². The molecule has 0 rings (SSSR count). The minimum atomic E-state index is -0.455. The van der Waals surface area contributed by atoms with E-state index in [9.17, 15) is 9.59 Å². The number of ketones is 2. The first-order valence-electron chi connectivity index (χ1n) is 4.29. The van der Waals surface area contributed by atoms with Crippen molar-refractivity contribution in [2.24, 2.45) is 5.73 Å². The predicted molar refractivity (Wildman–Crippen MR) is 49.9 cm³/mol. The van der Waals surface area contributed by atoms with Crippen molar-refractivity contribution < 1.29 is 9.59 Å². The number of hydrogen-bond donors (Lipinski definition) is 1. The zero-order valence-electron chi connectivity index (χ0n) is 8.39. The lowest BCUT2D eigenvalue weighted by Gasteiger charge is -2.03. The van der Waals surface area contributed by atoms with Gasteiger partial charge in [-0.3, -0.25) is 4.79 Å². The lowest BCUT2D eigenvalue weighted by molar-refractivity contribution is -0.119. The molecule has 0 aromatic rings. The van der Waals surface area contributed by atoms with Crippen molar-refractivity contribution in [1.82, 2.24) is 0 Å². The van der Waals surface area contributed by atoms with Gasteiger partial charge in [0.05, 0.1) is 6.04 Å². The molecule has 1 unspecified atom stereocenters. The summed E-state index contributed by atoms with van der Waals surface area (Å²) in [5.41, 5.74) is 5.36. The molecule has 0 radical (unpaired) electrons. The summed E-state index contributed by atoms with van der Waals surface area (Å²) < 4.78 is 0. The van der Waals surface area contributed by atoms with Crippen molar-refractivity contribution in [2.75, 3.05) is 0 Å². The first kappa shape index (κ1) is 13.9. The van der Waals surface area contributed by atoms with Gasteiger partial charge in [0, 0.05) is 6.42 Å². The Kier molecular flexibility index (Phi) is 9.70. The molecule has 0 heterocycles. The highest BCUT2D eigenvalue weighted by atomic mass is 16.1. The summed E-state index contributed by atoms with van der Waals surface area (Å²) in [6.45, 7) is 6.93. The van der Waals surface area contributed by atoms with Crippen molar-refractivity contribution in [1.29, 1.82) is 0 Å². The van der Waals surface area contributed by atoms with E-state index >= 15 is 0 Å². The van der Waals surface area contributed by atoms with Gasteiger partial charge < -0.3 is 10.5 Å². The van der Waals surface area contributed by atoms with E-state index < -0.39 is 6.04 Å². The van der Waals surface area contributed by atoms with Gasteiger partial charge in [-0.05, 0) is 20.3 Å². The smallest absolute Gasteiger partial charge is 0.146 e. The summed E-state index contributed by atoms with van der Waals surface area (Å²) in [7, 11) is 0. The van der Waals surface area contributed by atoms with E-state index in [0.717, 1.165) is 0 Å². The van der Waals surface area contributed by atoms with E-state index in [1.807, 2.05) is 13.8 Å². The van der Waals surface area contributed by atoms with Crippen LogP contribution in [0.1, 0.15) is 40.5 Å². The van der Waals surface area contributed by atoms with E-state index in [2.05, 4.69) is 0 Å². The number of nitrogens with two attached hydrogens (primary N) is 1. The molecule has 0 saturated heterocycles. The van der Waals surface area contributed by atoms with Gasteiger partial charge in [0.1, 0.15) is 11.6 Å². The van der Waals surface area contributed by atoms with Gasteiger partial charge in [-0.2, -0.15) is 0 Å². The second-order valence-corrected chi connectivity index (χ2v) is 2.46. The maximum absolute atomic E-state index is 10.5. The predicted octanol–water partition coefficient (Wildman–Crippen LogP) is 1.30. The average Bonchev–Trinajstić information content (AvgIpc) is 2.03. The van der Waals surface area contributed by atoms with E-state index in [1.165, 1.54) is 13.8 Å². The quantitative estimate of drug-likeness (QED) is 0.697. The zero-order chi connectivity index (χ0) is 10.1. The molecule has 0 fully saturated rings. The van der Waals surface area contributed by atoms with Gasteiger partial charge in [0.15, 0.2) is 0 Å². The Hall–Kier alpha value is -0.700. The summed E-state index contributed by atoms with van der Waals surface area (Å²) in [6.07, 6.45) is 0.880. The molecule has 2 N–H and O–H groups in total. The van der Waals surface area contributed by atoms with Gasteiger partial charge in [-0.15, -0.1) is 0 Å². The maximum atomic E-state index is 10.5. The molecule has 0 saturated carbocycles. The number of carbonyl (C=O) groups excluding carboxylic acids is 2. The number of hydrogen-bond acceptors (Lipinski definition) is 3. The van der Waals surface area contributed by atoms with Crippen molar-refractivity contribution in [3.63, 3.8) is 0 Å². The average molecular weight is 173 g/mol. The van der Waals surface area contributed by atoms with Crippen LogP contribution < -0.4 is 5.73 Å². The summed E-state index contributed by atoms with van der Waals surface area (Å²) in [4.78, 5) is 20.9. The number of rotatable bonds is 4. The highest BCUT2D eigenvalue weighted by Gasteiger charge is 2.07. The summed E-state index contributed by atoms with van der Waals surface area (Å²) in [5, 5.41) is 0.